The highest BCUT2D eigenvalue weighted by Crippen LogP contribution is 2.34. The topological polar surface area (TPSA) is 550 Å². The number of carbonyl (C=O) groups is 7. The van der Waals surface area contributed by atoms with E-state index in [-0.39, 0.29) is 211 Å². The molecule has 0 aromatic heterocycles. The van der Waals surface area contributed by atoms with Gasteiger partial charge in [0.15, 0.2) is 38.7 Å². The van der Waals surface area contributed by atoms with Gasteiger partial charge in [-0.25, -0.2) is 0 Å². The Hall–Kier alpha value is -6.75. The van der Waals surface area contributed by atoms with Crippen LogP contribution in [0.5, 0.6) is 17.2 Å². The molecule has 3 aliphatic rings. The normalized spacial score (nSPS) is 24.4. The van der Waals surface area contributed by atoms with Crippen LogP contribution in [0.3, 0.4) is 0 Å². The van der Waals surface area contributed by atoms with E-state index in [2.05, 4.69) is 37.2 Å². The highest BCUT2D eigenvalue weighted by Gasteiger charge is 2.44. The predicted molar refractivity (Wildman–Crippen MR) is 361 cm³/mol. The van der Waals surface area contributed by atoms with Crippen molar-refractivity contribution in [1.29, 1.82) is 0 Å². The maximum Gasteiger partial charge on any atom is 0.258 e. The Morgan fingerprint density at radius 1 is 0.333 bits per heavy atom. The van der Waals surface area contributed by atoms with E-state index in [1.807, 2.05) is 0 Å². The molecule has 39 nitrogen and oxygen atoms in total. The number of carbonyl (C=O) groups excluding carboxylic acids is 7. The Morgan fingerprint density at radius 2 is 0.619 bits per heavy atom. The second-order valence-electron chi connectivity index (χ2n) is 24.0. The lowest BCUT2D eigenvalue weighted by Crippen LogP contribution is -2.57. The predicted octanol–water partition coefficient (Wildman–Crippen LogP) is -7.32. The average molecular weight is 1510 g/mol. The molecule has 0 saturated carbocycles. The summed E-state index contributed by atoms with van der Waals surface area (Å²) in [6.45, 7) is 5.09. The van der Waals surface area contributed by atoms with Gasteiger partial charge in [-0.15, -0.1) is 0 Å². The fourth-order valence-electron chi connectivity index (χ4n) is 9.84. The Bertz CT molecular complexity index is 2790. The van der Waals surface area contributed by atoms with Gasteiger partial charge in [0.05, 0.1) is 117 Å². The van der Waals surface area contributed by atoms with E-state index in [0.29, 0.717) is 11.1 Å². The molecule has 15 atom stereocenters. The van der Waals surface area contributed by atoms with Crippen molar-refractivity contribution in [2.24, 2.45) is 5.73 Å². The van der Waals surface area contributed by atoms with E-state index in [1.165, 1.54) is 57.2 Å². The number of nitrogens with two attached hydrogens (primary N) is 1. The van der Waals surface area contributed by atoms with E-state index < -0.39 is 136 Å². The summed E-state index contributed by atoms with van der Waals surface area (Å²) < 4.78 is 82.9. The van der Waals surface area contributed by atoms with Gasteiger partial charge in [0.25, 0.3) is 23.6 Å². The summed E-state index contributed by atoms with van der Waals surface area (Å²) >= 11 is 0. The molecular formula is C66H106N8O31. The van der Waals surface area contributed by atoms with Crippen molar-refractivity contribution >= 4 is 41.4 Å². The van der Waals surface area contributed by atoms with Gasteiger partial charge < -0.3 is 160 Å². The van der Waals surface area contributed by atoms with Gasteiger partial charge in [-0.1, -0.05) is 0 Å². The Balaban J connectivity index is 1.05. The van der Waals surface area contributed by atoms with E-state index in [9.17, 15) is 79.5 Å². The van der Waals surface area contributed by atoms with Crippen molar-refractivity contribution in [3.63, 3.8) is 0 Å². The summed E-state index contributed by atoms with van der Waals surface area (Å²) in [6.07, 6.45) is -18.0. The number of hydrogen-bond donors (Lipinski definition) is 17. The summed E-state index contributed by atoms with van der Waals surface area (Å²) in [6, 6.07) is 8.97. The summed E-state index contributed by atoms with van der Waals surface area (Å²) in [4.78, 5) is 89.5. The van der Waals surface area contributed by atoms with E-state index >= 15 is 0 Å². The van der Waals surface area contributed by atoms with Crippen molar-refractivity contribution < 1.29 is 151 Å². The van der Waals surface area contributed by atoms with Crippen LogP contribution in [0.1, 0.15) is 50.4 Å². The van der Waals surface area contributed by atoms with Crippen LogP contribution in [-0.4, -0.2) is 351 Å². The van der Waals surface area contributed by atoms with Crippen LogP contribution >= 0.6 is 0 Å². The second-order valence-corrected chi connectivity index (χ2v) is 24.0. The molecule has 5 rings (SSSR count). The van der Waals surface area contributed by atoms with Crippen molar-refractivity contribution in [1.82, 2.24) is 37.2 Å². The fraction of sp³-hybridized carbons (Fsp3) is 0.712. The number of nitrogens with one attached hydrogen (secondary N) is 7. The molecule has 0 bridgehead atoms. The average Bonchev–Trinajstić information content (AvgIpc) is 0.848. The zero-order valence-electron chi connectivity index (χ0n) is 59.2. The van der Waals surface area contributed by atoms with Crippen molar-refractivity contribution in [2.75, 3.05) is 171 Å². The zero-order chi connectivity index (χ0) is 76.5. The van der Waals surface area contributed by atoms with E-state index in [1.54, 1.807) is 0 Å². The molecule has 2 aromatic rings. The molecule has 18 N–H and O–H groups in total. The van der Waals surface area contributed by atoms with E-state index in [0.717, 1.165) is 0 Å². The van der Waals surface area contributed by atoms with Crippen LogP contribution in [0, 0.1) is 0 Å². The first kappa shape index (κ1) is 88.9. The summed E-state index contributed by atoms with van der Waals surface area (Å²) in [5.41, 5.74) is 6.47. The van der Waals surface area contributed by atoms with Crippen molar-refractivity contribution in [3.05, 3.63) is 42.0 Å². The first-order valence-electron chi connectivity index (χ1n) is 34.6. The van der Waals surface area contributed by atoms with Crippen molar-refractivity contribution in [2.45, 2.75) is 132 Å². The Morgan fingerprint density at radius 3 is 0.933 bits per heavy atom. The number of aliphatic hydroxyl groups is 9. The lowest BCUT2D eigenvalue weighted by atomic mass is 10.0. The molecule has 2 aromatic carbocycles. The first-order chi connectivity index (χ1) is 50.4. The molecule has 3 aliphatic heterocycles. The highest BCUT2D eigenvalue weighted by atomic mass is 16.7. The Labute approximate surface area is 606 Å². The minimum Gasteiger partial charge on any atom is -0.484 e. The first-order valence-corrected chi connectivity index (χ1v) is 34.6. The van der Waals surface area contributed by atoms with Gasteiger partial charge in [0, 0.05) is 83.3 Å². The molecule has 0 spiro atoms. The molecule has 0 radical (unpaired) electrons. The SMILES string of the molecule is C[C@@H]1O[C@@H](OCCOCCNC(=O)CCOCCNC(=O)COc2cc(OCC(=O)NCCOCCC(=O)NCCOCCO[C@@H]3O[C@@H](C)[C@H](O)[C@@H](O)[C@H]3O)cc(-c3cc(OCC(=O)NCCOCCC(=O)NCCOCCO[C@@H]4O[C@@H](C)[C@H](O)[C@@H](O)[C@H]4O)cc(C(=O)NCCN)c3)c2)[C@H](O)[C@H](O)[C@H]1O. The summed E-state index contributed by atoms with van der Waals surface area (Å²) in [7, 11) is 0. The molecule has 3 heterocycles. The van der Waals surface area contributed by atoms with Crippen LogP contribution in [-0.2, 0) is 85.6 Å². The largest absolute Gasteiger partial charge is 0.484 e. The van der Waals surface area contributed by atoms with Crippen LogP contribution in [0.25, 0.3) is 11.1 Å². The number of amides is 7. The standard InChI is InChI=1S/C66H106N8O31/c1-39-54(81)57(84)60(87)64(103-39)97-27-24-94-21-9-68-48(75)4-15-91-18-12-71-51(78)36-100-45-31-42(30-44(34-45)63(90)74-8-7-67)43-32-46(101-37-52(79)72-13-19-92-16-5-49(76)69-10-22-95-25-28-98-65-61(88)58(85)55(82)40(2)104-65)35-47(33-43)102-38-53(80)73-14-20-93-17-6-50(77)70-11-23-96-26-29-99-66-62(89)59(86)56(83)41(3)105-66/h30-35,39-41,54-62,64-66,81-89H,4-29,36-38,67H2,1-3H3,(H,68,75)(H,69,76)(H,70,77)(H,71,78)(H,72,79)(H,73,80)(H,74,90)/t39-,40-,41-,54-,55-,56-,57+,58+,59+,60+,61+,62+,64+,65+,66+/m0/s1. The Kier molecular flexibility index (Phi) is 42.3. The van der Waals surface area contributed by atoms with Gasteiger partial charge >= 0.3 is 0 Å². The minimum absolute atomic E-state index is 0.0116. The van der Waals surface area contributed by atoms with Gasteiger partial charge in [-0.2, -0.15) is 0 Å². The number of rotatable bonds is 52. The van der Waals surface area contributed by atoms with Crippen LogP contribution < -0.4 is 57.2 Å². The maximum atomic E-state index is 13.4. The second kappa shape index (κ2) is 50.0. The molecule has 596 valence electrons. The van der Waals surface area contributed by atoms with E-state index in [4.69, 9.17) is 76.8 Å². The van der Waals surface area contributed by atoms with Crippen LogP contribution in [0.4, 0.5) is 0 Å². The van der Waals surface area contributed by atoms with Gasteiger partial charge in [-0.3, -0.25) is 33.6 Å². The van der Waals surface area contributed by atoms with Gasteiger partial charge in [0.2, 0.25) is 17.7 Å². The minimum atomic E-state index is -1.44. The van der Waals surface area contributed by atoms with Gasteiger partial charge in [-0.05, 0) is 62.2 Å². The molecule has 3 fully saturated rings. The summed E-state index contributed by atoms with van der Waals surface area (Å²) in [5.74, 6) is -2.87. The quantitative estimate of drug-likeness (QED) is 0.0274. The maximum absolute atomic E-state index is 13.4. The highest BCUT2D eigenvalue weighted by molar-refractivity contribution is 5.96. The number of ether oxygens (including phenoxy) is 15. The molecule has 7 amide bonds. The fourth-order valence-corrected chi connectivity index (χ4v) is 9.84. The van der Waals surface area contributed by atoms with Crippen LogP contribution in [0.2, 0.25) is 0 Å². The number of aliphatic hydroxyl groups excluding tert-OH is 9. The molecular weight excluding hydrogens is 1400 g/mol. The zero-order valence-corrected chi connectivity index (χ0v) is 59.2. The molecule has 0 aliphatic carbocycles. The smallest absolute Gasteiger partial charge is 0.258 e. The van der Waals surface area contributed by atoms with Crippen molar-refractivity contribution in [3.8, 4) is 28.4 Å². The third kappa shape index (κ3) is 33.9. The number of benzene rings is 2. The summed E-state index contributed by atoms with van der Waals surface area (Å²) in [5, 5.41) is 108. The van der Waals surface area contributed by atoms with Gasteiger partial charge in [0.1, 0.15) is 72.2 Å². The van der Waals surface area contributed by atoms with Crippen LogP contribution in [0.15, 0.2) is 36.4 Å². The third-order valence-electron chi connectivity index (χ3n) is 15.7. The molecule has 39 heteroatoms. The number of hydrogen-bond acceptors (Lipinski definition) is 32. The molecule has 0 unspecified atom stereocenters. The lowest BCUT2D eigenvalue weighted by molar-refractivity contribution is -0.294. The molecule has 3 saturated heterocycles. The lowest BCUT2D eigenvalue weighted by Gasteiger charge is -2.38. The monoisotopic (exact) mass is 1510 g/mol. The third-order valence-corrected chi connectivity index (χ3v) is 15.7. The molecule has 105 heavy (non-hydrogen) atoms.